The van der Waals surface area contributed by atoms with Crippen LogP contribution in [0.1, 0.15) is 51.9 Å². The fourth-order valence-electron chi connectivity index (χ4n) is 4.55. The zero-order valence-electron chi connectivity index (χ0n) is 11.9. The minimum Gasteiger partial charge on any atom is -0.375 e. The molecule has 2 heterocycles. The summed E-state index contributed by atoms with van der Waals surface area (Å²) < 4.78 is 24.6. The Balaban J connectivity index is 1.57. The molecule has 0 N–H and O–H groups in total. The van der Waals surface area contributed by atoms with Crippen molar-refractivity contribution in [2.75, 3.05) is 7.11 Å². The van der Waals surface area contributed by atoms with E-state index in [9.17, 15) is 0 Å². The minimum absolute atomic E-state index is 0.117. The van der Waals surface area contributed by atoms with E-state index in [4.69, 9.17) is 18.9 Å². The van der Waals surface area contributed by atoms with Crippen LogP contribution in [0.4, 0.5) is 0 Å². The first-order chi connectivity index (χ1) is 9.16. The molecule has 0 aromatic carbocycles. The molecule has 19 heavy (non-hydrogen) atoms. The standard InChI is InChI=1S/C15H24O4/c1-10-14(16-2)8-11(17-10)13-12(9-14)18-15(19-13)6-4-3-5-7-15/h10-13H,3-9H2,1-2H3/t10-,11+,12+,13-,14+/m0/s1. The minimum atomic E-state index is -0.306. The smallest absolute Gasteiger partial charge is 0.169 e. The lowest BCUT2D eigenvalue weighted by Gasteiger charge is -2.36. The van der Waals surface area contributed by atoms with Crippen LogP contribution in [-0.2, 0) is 18.9 Å². The lowest BCUT2D eigenvalue weighted by Crippen LogP contribution is -2.48. The molecule has 2 bridgehead atoms. The molecule has 108 valence electrons. The maximum atomic E-state index is 6.37. The molecule has 2 saturated heterocycles. The van der Waals surface area contributed by atoms with E-state index in [2.05, 4.69) is 6.92 Å². The van der Waals surface area contributed by atoms with Crippen LogP contribution in [0.25, 0.3) is 0 Å². The van der Waals surface area contributed by atoms with Crippen LogP contribution in [0, 0.1) is 0 Å². The summed E-state index contributed by atoms with van der Waals surface area (Å²) in [5.74, 6) is -0.306. The summed E-state index contributed by atoms with van der Waals surface area (Å²) in [6.45, 7) is 2.11. The topological polar surface area (TPSA) is 36.9 Å². The number of methoxy groups -OCH3 is 1. The lowest BCUT2D eigenvalue weighted by atomic mass is 9.80. The van der Waals surface area contributed by atoms with E-state index in [-0.39, 0.29) is 35.8 Å². The second-order valence-corrected chi connectivity index (χ2v) is 6.70. The maximum absolute atomic E-state index is 6.37. The molecule has 0 amide bonds. The number of hydrogen-bond acceptors (Lipinski definition) is 4. The average molecular weight is 268 g/mol. The summed E-state index contributed by atoms with van der Waals surface area (Å²) in [7, 11) is 1.80. The van der Waals surface area contributed by atoms with E-state index in [1.807, 2.05) is 0 Å². The highest BCUT2D eigenvalue weighted by Gasteiger charge is 2.62. The molecule has 1 spiro atoms. The zero-order chi connectivity index (χ0) is 13.1. The van der Waals surface area contributed by atoms with Crippen molar-refractivity contribution in [2.45, 2.75) is 87.7 Å². The Labute approximate surface area is 114 Å². The van der Waals surface area contributed by atoms with Crippen LogP contribution >= 0.6 is 0 Å². The van der Waals surface area contributed by atoms with Gasteiger partial charge in [0, 0.05) is 32.8 Å². The van der Waals surface area contributed by atoms with Crippen molar-refractivity contribution in [2.24, 2.45) is 0 Å². The van der Waals surface area contributed by atoms with Gasteiger partial charge >= 0.3 is 0 Å². The molecule has 4 nitrogen and oxygen atoms in total. The van der Waals surface area contributed by atoms with E-state index >= 15 is 0 Å². The summed E-state index contributed by atoms with van der Waals surface area (Å²) in [5, 5.41) is 0. The quantitative estimate of drug-likeness (QED) is 0.732. The predicted octanol–water partition coefficient (Wildman–Crippen LogP) is 2.40. The van der Waals surface area contributed by atoms with E-state index in [1.165, 1.54) is 19.3 Å². The molecule has 4 heteroatoms. The van der Waals surface area contributed by atoms with Crippen molar-refractivity contribution in [3.63, 3.8) is 0 Å². The Morgan fingerprint density at radius 2 is 1.74 bits per heavy atom. The summed E-state index contributed by atoms with van der Waals surface area (Å²) in [6.07, 6.45) is 8.25. The first-order valence-electron chi connectivity index (χ1n) is 7.73. The average Bonchev–Trinajstić information content (AvgIpc) is 2.89. The van der Waals surface area contributed by atoms with Crippen molar-refractivity contribution >= 4 is 0 Å². The van der Waals surface area contributed by atoms with E-state index in [0.717, 1.165) is 25.7 Å². The number of ether oxygens (including phenoxy) is 4. The fourth-order valence-corrected chi connectivity index (χ4v) is 4.55. The molecule has 0 unspecified atom stereocenters. The van der Waals surface area contributed by atoms with Gasteiger partial charge in [0.2, 0.25) is 0 Å². The highest BCUT2D eigenvalue weighted by atomic mass is 16.8. The van der Waals surface area contributed by atoms with Gasteiger partial charge in [0.1, 0.15) is 6.10 Å². The van der Waals surface area contributed by atoms with Crippen molar-refractivity contribution in [1.82, 2.24) is 0 Å². The van der Waals surface area contributed by atoms with Gasteiger partial charge in [-0.05, 0) is 19.8 Å². The van der Waals surface area contributed by atoms with Crippen LogP contribution < -0.4 is 0 Å². The molecule has 5 atom stereocenters. The van der Waals surface area contributed by atoms with Gasteiger partial charge in [0.05, 0.1) is 23.9 Å². The van der Waals surface area contributed by atoms with Gasteiger partial charge in [-0.15, -0.1) is 0 Å². The third-order valence-corrected chi connectivity index (χ3v) is 5.68. The molecule has 0 radical (unpaired) electrons. The maximum Gasteiger partial charge on any atom is 0.169 e. The lowest BCUT2D eigenvalue weighted by molar-refractivity contribution is -0.205. The van der Waals surface area contributed by atoms with E-state index in [1.54, 1.807) is 7.11 Å². The molecular formula is C15H24O4. The predicted molar refractivity (Wildman–Crippen MR) is 68.9 cm³/mol. The molecular weight excluding hydrogens is 244 g/mol. The molecule has 0 aromatic rings. The van der Waals surface area contributed by atoms with E-state index < -0.39 is 0 Å². The second-order valence-electron chi connectivity index (χ2n) is 6.70. The Hall–Kier alpha value is -0.160. The molecule has 0 aromatic heterocycles. The third-order valence-electron chi connectivity index (χ3n) is 5.68. The second kappa shape index (κ2) is 4.17. The normalized spacial score (nSPS) is 51.5. The third kappa shape index (κ3) is 1.73. The van der Waals surface area contributed by atoms with Gasteiger partial charge in [-0.2, -0.15) is 0 Å². The van der Waals surface area contributed by atoms with Crippen molar-refractivity contribution < 1.29 is 18.9 Å². The first kappa shape index (κ1) is 12.6. The molecule has 2 aliphatic carbocycles. The Morgan fingerprint density at radius 3 is 2.47 bits per heavy atom. The van der Waals surface area contributed by atoms with Crippen molar-refractivity contribution in [3.05, 3.63) is 0 Å². The van der Waals surface area contributed by atoms with Gasteiger partial charge in [-0.3, -0.25) is 0 Å². The monoisotopic (exact) mass is 268 g/mol. The van der Waals surface area contributed by atoms with Crippen LogP contribution in [0.5, 0.6) is 0 Å². The molecule has 2 aliphatic heterocycles. The summed E-state index contributed by atoms with van der Waals surface area (Å²) >= 11 is 0. The SMILES string of the molecule is CO[C@@]12C[C@@H](O[C@H]1C)[C@@H]1OC3(CCCCC3)O[C@@H]1C2. The largest absolute Gasteiger partial charge is 0.375 e. The zero-order valence-corrected chi connectivity index (χ0v) is 11.9. The summed E-state index contributed by atoms with van der Waals surface area (Å²) in [6, 6.07) is 0. The number of hydrogen-bond donors (Lipinski definition) is 0. The van der Waals surface area contributed by atoms with Gasteiger partial charge in [0.25, 0.3) is 0 Å². The Morgan fingerprint density at radius 1 is 1.00 bits per heavy atom. The fraction of sp³-hybridized carbons (Fsp3) is 1.00. The van der Waals surface area contributed by atoms with E-state index in [0.29, 0.717) is 0 Å². The van der Waals surface area contributed by atoms with Crippen LogP contribution in [0.2, 0.25) is 0 Å². The molecule has 2 saturated carbocycles. The molecule has 4 aliphatic rings. The number of rotatable bonds is 1. The number of fused-ring (bicyclic) bond motifs is 4. The highest BCUT2D eigenvalue weighted by molar-refractivity contribution is 5.09. The van der Waals surface area contributed by atoms with Crippen LogP contribution in [0.15, 0.2) is 0 Å². The van der Waals surface area contributed by atoms with Gasteiger partial charge in [-0.25, -0.2) is 0 Å². The van der Waals surface area contributed by atoms with Crippen LogP contribution in [0.3, 0.4) is 0 Å². The summed E-state index contributed by atoms with van der Waals surface area (Å²) in [4.78, 5) is 0. The highest BCUT2D eigenvalue weighted by Crippen LogP contribution is 2.52. The summed E-state index contributed by atoms with van der Waals surface area (Å²) in [5.41, 5.74) is -0.157. The van der Waals surface area contributed by atoms with Gasteiger partial charge in [-0.1, -0.05) is 6.42 Å². The van der Waals surface area contributed by atoms with Gasteiger partial charge < -0.3 is 18.9 Å². The molecule has 4 rings (SSSR count). The molecule has 4 fully saturated rings. The van der Waals surface area contributed by atoms with Gasteiger partial charge in [0.15, 0.2) is 5.79 Å². The van der Waals surface area contributed by atoms with Crippen LogP contribution in [-0.4, -0.2) is 42.9 Å². The Kier molecular flexibility index (Phi) is 2.76. The van der Waals surface area contributed by atoms with Crippen molar-refractivity contribution in [3.8, 4) is 0 Å². The first-order valence-corrected chi connectivity index (χ1v) is 7.73. The Bertz CT molecular complexity index is 365. The van der Waals surface area contributed by atoms with Crippen molar-refractivity contribution in [1.29, 1.82) is 0 Å².